The number of thioether (sulfide) groups is 1. The second-order valence-electron chi connectivity index (χ2n) is 6.72. The molecule has 0 saturated heterocycles. The number of hydrogen-bond donors (Lipinski definition) is 2. The van der Waals surface area contributed by atoms with Crippen LogP contribution in [-0.4, -0.2) is 38.9 Å². The molecule has 0 spiro atoms. The lowest BCUT2D eigenvalue weighted by Crippen LogP contribution is -2.26. The van der Waals surface area contributed by atoms with Crippen molar-refractivity contribution in [3.05, 3.63) is 71.5 Å². The van der Waals surface area contributed by atoms with E-state index in [1.807, 2.05) is 66.9 Å². The Bertz CT molecular complexity index is 1000. The van der Waals surface area contributed by atoms with E-state index in [0.717, 1.165) is 17.1 Å². The first-order valence-corrected chi connectivity index (χ1v) is 10.8. The Morgan fingerprint density at radius 2 is 1.87 bits per heavy atom. The summed E-state index contributed by atoms with van der Waals surface area (Å²) in [5.41, 5.74) is 2.46. The van der Waals surface area contributed by atoms with E-state index in [4.69, 9.17) is 0 Å². The molecule has 0 bridgehead atoms. The first-order chi connectivity index (χ1) is 14.6. The highest BCUT2D eigenvalue weighted by molar-refractivity contribution is 7.99. The molecule has 0 atom stereocenters. The number of benzene rings is 2. The Kier molecular flexibility index (Phi) is 7.62. The molecule has 156 valence electrons. The number of carbonyl (C=O) groups excluding carboxylic acids is 2. The minimum Gasteiger partial charge on any atom is -0.352 e. The maximum atomic E-state index is 12.3. The number of para-hydroxylation sites is 1. The fourth-order valence-electron chi connectivity index (χ4n) is 2.95. The van der Waals surface area contributed by atoms with Crippen molar-refractivity contribution in [2.75, 3.05) is 17.6 Å². The van der Waals surface area contributed by atoms with Crippen molar-refractivity contribution in [1.29, 1.82) is 0 Å². The number of carbonyl (C=O) groups is 2. The molecule has 2 N–H and O–H groups in total. The maximum absolute atomic E-state index is 12.3. The monoisotopic (exact) mass is 423 g/mol. The van der Waals surface area contributed by atoms with Crippen LogP contribution in [0.5, 0.6) is 0 Å². The number of rotatable bonds is 9. The van der Waals surface area contributed by atoms with E-state index in [9.17, 15) is 9.59 Å². The fraction of sp³-hybridized carbons (Fsp3) is 0.273. The molecule has 0 unspecified atom stereocenters. The number of aryl methyl sites for hydroxylation is 1. The summed E-state index contributed by atoms with van der Waals surface area (Å²) in [5.74, 6) is 0.835. The SMILES string of the molecule is CCn1c(CCNC(=O)c2cccc(C)c2)nnc1SCC(=O)Nc1ccccc1. The standard InChI is InChI=1S/C22H25N5O2S/c1-3-27-19(12-13-23-21(29)17-9-7-8-16(2)14-17)25-26-22(27)30-15-20(28)24-18-10-5-4-6-11-18/h4-11,14H,3,12-13,15H2,1-2H3,(H,23,29)(H,24,28). The van der Waals surface area contributed by atoms with Gasteiger partial charge in [0, 0.05) is 30.8 Å². The Morgan fingerprint density at radius 1 is 1.07 bits per heavy atom. The van der Waals surface area contributed by atoms with Gasteiger partial charge in [0.05, 0.1) is 5.75 Å². The zero-order valence-corrected chi connectivity index (χ0v) is 17.9. The third-order valence-electron chi connectivity index (χ3n) is 4.41. The number of nitrogens with one attached hydrogen (secondary N) is 2. The molecule has 2 amide bonds. The van der Waals surface area contributed by atoms with Crippen LogP contribution >= 0.6 is 11.8 Å². The summed E-state index contributed by atoms with van der Waals surface area (Å²) in [6.07, 6.45) is 0.565. The third kappa shape index (κ3) is 5.93. The van der Waals surface area contributed by atoms with E-state index in [2.05, 4.69) is 20.8 Å². The van der Waals surface area contributed by atoms with Gasteiger partial charge in [-0.15, -0.1) is 10.2 Å². The van der Waals surface area contributed by atoms with Crippen molar-refractivity contribution < 1.29 is 9.59 Å². The zero-order chi connectivity index (χ0) is 21.3. The Balaban J connectivity index is 1.51. The van der Waals surface area contributed by atoms with Gasteiger partial charge in [-0.1, -0.05) is 47.7 Å². The molecule has 0 radical (unpaired) electrons. The first kappa shape index (κ1) is 21.6. The predicted octanol–water partition coefficient (Wildman–Crippen LogP) is 3.31. The summed E-state index contributed by atoms with van der Waals surface area (Å²) >= 11 is 1.35. The van der Waals surface area contributed by atoms with Gasteiger partial charge >= 0.3 is 0 Å². The molecule has 3 rings (SSSR count). The third-order valence-corrected chi connectivity index (χ3v) is 5.38. The van der Waals surface area contributed by atoms with Crippen LogP contribution in [0.3, 0.4) is 0 Å². The molecular formula is C22H25N5O2S. The zero-order valence-electron chi connectivity index (χ0n) is 17.1. The van der Waals surface area contributed by atoms with E-state index >= 15 is 0 Å². The van der Waals surface area contributed by atoms with Gasteiger partial charge in [0.1, 0.15) is 5.82 Å². The van der Waals surface area contributed by atoms with Gasteiger partial charge in [-0.25, -0.2) is 0 Å². The number of hydrogen-bond acceptors (Lipinski definition) is 5. The van der Waals surface area contributed by atoms with Gasteiger partial charge in [0.15, 0.2) is 5.16 Å². The highest BCUT2D eigenvalue weighted by Crippen LogP contribution is 2.18. The van der Waals surface area contributed by atoms with Crippen LogP contribution in [0.15, 0.2) is 59.8 Å². The Morgan fingerprint density at radius 3 is 2.60 bits per heavy atom. The topological polar surface area (TPSA) is 88.9 Å². The molecule has 0 fully saturated rings. The second kappa shape index (κ2) is 10.6. The van der Waals surface area contributed by atoms with Crippen LogP contribution in [0, 0.1) is 6.92 Å². The molecular weight excluding hydrogens is 398 g/mol. The first-order valence-electron chi connectivity index (χ1n) is 9.81. The van der Waals surface area contributed by atoms with Crippen LogP contribution in [0.4, 0.5) is 5.69 Å². The Labute approximate surface area is 180 Å². The van der Waals surface area contributed by atoms with Crippen molar-refractivity contribution >= 4 is 29.3 Å². The van der Waals surface area contributed by atoms with Gasteiger partial charge in [-0.3, -0.25) is 9.59 Å². The van der Waals surface area contributed by atoms with E-state index in [-0.39, 0.29) is 17.6 Å². The average molecular weight is 424 g/mol. The molecule has 2 aromatic carbocycles. The lowest BCUT2D eigenvalue weighted by molar-refractivity contribution is -0.113. The minimum atomic E-state index is -0.103. The average Bonchev–Trinajstić information content (AvgIpc) is 3.14. The summed E-state index contributed by atoms with van der Waals surface area (Å²) < 4.78 is 1.97. The molecule has 0 saturated carbocycles. The quantitative estimate of drug-likeness (QED) is 0.516. The number of amides is 2. The van der Waals surface area contributed by atoms with Gasteiger partial charge in [-0.2, -0.15) is 0 Å². The molecule has 3 aromatic rings. The van der Waals surface area contributed by atoms with E-state index in [1.165, 1.54) is 11.8 Å². The van der Waals surface area contributed by atoms with Crippen LogP contribution in [-0.2, 0) is 17.8 Å². The van der Waals surface area contributed by atoms with Crippen molar-refractivity contribution in [2.45, 2.75) is 32.0 Å². The molecule has 1 aromatic heterocycles. The highest BCUT2D eigenvalue weighted by Gasteiger charge is 2.14. The number of anilines is 1. The Hall–Kier alpha value is -3.13. The lowest BCUT2D eigenvalue weighted by Gasteiger charge is -2.09. The summed E-state index contributed by atoms with van der Waals surface area (Å²) in [6.45, 7) is 5.12. The van der Waals surface area contributed by atoms with E-state index < -0.39 is 0 Å². The van der Waals surface area contributed by atoms with Crippen molar-refractivity contribution in [1.82, 2.24) is 20.1 Å². The predicted molar refractivity (Wildman–Crippen MR) is 119 cm³/mol. The molecule has 1 heterocycles. The van der Waals surface area contributed by atoms with E-state index in [1.54, 1.807) is 6.07 Å². The summed E-state index contributed by atoms with van der Waals surface area (Å²) in [6, 6.07) is 16.8. The van der Waals surface area contributed by atoms with Gasteiger partial charge < -0.3 is 15.2 Å². The highest BCUT2D eigenvalue weighted by atomic mass is 32.2. The van der Waals surface area contributed by atoms with Gasteiger partial charge in [-0.05, 0) is 38.1 Å². The maximum Gasteiger partial charge on any atom is 0.251 e. The van der Waals surface area contributed by atoms with Gasteiger partial charge in [0.25, 0.3) is 5.91 Å². The minimum absolute atomic E-state index is 0.0937. The molecule has 0 aliphatic heterocycles. The van der Waals surface area contributed by atoms with Crippen LogP contribution in [0.1, 0.15) is 28.7 Å². The van der Waals surface area contributed by atoms with Crippen LogP contribution in [0.2, 0.25) is 0 Å². The molecule has 30 heavy (non-hydrogen) atoms. The van der Waals surface area contributed by atoms with Gasteiger partial charge in [0.2, 0.25) is 5.91 Å². The summed E-state index contributed by atoms with van der Waals surface area (Å²) in [7, 11) is 0. The summed E-state index contributed by atoms with van der Waals surface area (Å²) in [4.78, 5) is 24.4. The molecule has 0 aliphatic carbocycles. The number of nitrogens with zero attached hydrogens (tertiary/aromatic N) is 3. The van der Waals surface area contributed by atoms with Crippen LogP contribution in [0.25, 0.3) is 0 Å². The lowest BCUT2D eigenvalue weighted by atomic mass is 10.1. The molecule has 8 heteroatoms. The molecule has 7 nitrogen and oxygen atoms in total. The summed E-state index contributed by atoms with van der Waals surface area (Å²) in [5, 5.41) is 14.9. The largest absolute Gasteiger partial charge is 0.352 e. The van der Waals surface area contributed by atoms with E-state index in [0.29, 0.717) is 30.2 Å². The van der Waals surface area contributed by atoms with Crippen molar-refractivity contribution in [3.63, 3.8) is 0 Å². The number of aromatic nitrogens is 3. The van der Waals surface area contributed by atoms with Crippen molar-refractivity contribution in [2.24, 2.45) is 0 Å². The smallest absolute Gasteiger partial charge is 0.251 e. The normalized spacial score (nSPS) is 10.6. The second-order valence-corrected chi connectivity index (χ2v) is 7.66. The van der Waals surface area contributed by atoms with Crippen molar-refractivity contribution in [3.8, 4) is 0 Å². The fourth-order valence-corrected chi connectivity index (χ4v) is 3.77. The molecule has 0 aliphatic rings. The van der Waals surface area contributed by atoms with Crippen LogP contribution < -0.4 is 10.6 Å².